The highest BCUT2D eigenvalue weighted by Crippen LogP contribution is 2.17. The van der Waals surface area contributed by atoms with Crippen LogP contribution >= 0.6 is 0 Å². The Morgan fingerprint density at radius 3 is 2.70 bits per heavy atom. The Hall–Kier alpha value is -0.570. The number of piperidine rings is 1. The Morgan fingerprint density at radius 1 is 1.70 bits per heavy atom. The monoisotopic (exact) mass is 142 g/mol. The van der Waals surface area contributed by atoms with E-state index in [1.165, 1.54) is 0 Å². The van der Waals surface area contributed by atoms with Crippen molar-refractivity contribution < 1.29 is 4.79 Å². The van der Waals surface area contributed by atoms with Gasteiger partial charge in [0.05, 0.1) is 6.04 Å². The second-order valence-electron chi connectivity index (χ2n) is 3.52. The molecule has 58 valence electrons. The molecule has 0 aliphatic carbocycles. The number of nitrogens with two attached hydrogens (primary N) is 1. The second-order valence-corrected chi connectivity index (χ2v) is 3.52. The maximum atomic E-state index is 11.0. The molecule has 1 atom stereocenters. The number of rotatable bonds is 0. The molecule has 0 spiro atoms. The van der Waals surface area contributed by atoms with Crippen LogP contribution in [0, 0.1) is 0 Å². The van der Waals surface area contributed by atoms with Gasteiger partial charge in [-0.25, -0.2) is 0 Å². The fourth-order valence-electron chi connectivity index (χ4n) is 1.14. The van der Waals surface area contributed by atoms with E-state index in [2.05, 4.69) is 5.32 Å². The molecule has 0 aromatic heterocycles. The number of carbonyl (C=O) groups excluding carboxylic acids is 1. The van der Waals surface area contributed by atoms with Crippen molar-refractivity contribution in [1.29, 1.82) is 0 Å². The van der Waals surface area contributed by atoms with Gasteiger partial charge in [-0.2, -0.15) is 0 Å². The van der Waals surface area contributed by atoms with E-state index >= 15 is 0 Å². The molecule has 0 aromatic carbocycles. The molecule has 1 rings (SSSR count). The van der Waals surface area contributed by atoms with Crippen LogP contribution < -0.4 is 11.1 Å². The van der Waals surface area contributed by atoms with E-state index in [1.54, 1.807) is 0 Å². The van der Waals surface area contributed by atoms with Gasteiger partial charge in [0.2, 0.25) is 5.91 Å². The van der Waals surface area contributed by atoms with E-state index < -0.39 is 0 Å². The van der Waals surface area contributed by atoms with Crippen molar-refractivity contribution >= 4 is 5.91 Å². The zero-order chi connectivity index (χ0) is 7.78. The Bertz CT molecular complexity index is 154. The van der Waals surface area contributed by atoms with Crippen LogP contribution in [0.25, 0.3) is 0 Å². The van der Waals surface area contributed by atoms with Gasteiger partial charge in [-0.15, -0.1) is 0 Å². The summed E-state index contributed by atoms with van der Waals surface area (Å²) in [4.78, 5) is 11.0. The zero-order valence-corrected chi connectivity index (χ0v) is 6.48. The van der Waals surface area contributed by atoms with Gasteiger partial charge in [0, 0.05) is 5.54 Å². The van der Waals surface area contributed by atoms with Crippen LogP contribution in [0.4, 0.5) is 0 Å². The predicted octanol–water partition coefficient (Wildman–Crippen LogP) is 0.00230. The van der Waals surface area contributed by atoms with Crippen molar-refractivity contribution in [3.05, 3.63) is 0 Å². The Balaban J connectivity index is 2.57. The molecular weight excluding hydrogens is 128 g/mol. The summed E-state index contributed by atoms with van der Waals surface area (Å²) in [5, 5.41) is 2.84. The fraction of sp³-hybridized carbons (Fsp3) is 0.857. The molecule has 1 saturated heterocycles. The molecule has 1 amide bonds. The van der Waals surface area contributed by atoms with Gasteiger partial charge in [0.15, 0.2) is 0 Å². The number of hydrogen-bond acceptors (Lipinski definition) is 2. The lowest BCUT2D eigenvalue weighted by atomic mass is 9.91. The molecule has 10 heavy (non-hydrogen) atoms. The summed E-state index contributed by atoms with van der Waals surface area (Å²) in [6.45, 7) is 4.02. The molecule has 1 fully saturated rings. The number of hydrogen-bond donors (Lipinski definition) is 2. The van der Waals surface area contributed by atoms with E-state index in [0.29, 0.717) is 0 Å². The molecule has 1 aliphatic rings. The summed E-state index contributed by atoms with van der Waals surface area (Å²) in [5.74, 6) is -0.0174. The zero-order valence-electron chi connectivity index (χ0n) is 6.48. The lowest BCUT2D eigenvalue weighted by Gasteiger charge is -2.33. The largest absolute Gasteiger partial charge is 0.350 e. The summed E-state index contributed by atoms with van der Waals surface area (Å²) in [5.41, 5.74) is 5.44. The van der Waals surface area contributed by atoms with Gasteiger partial charge in [-0.1, -0.05) is 0 Å². The molecule has 0 aromatic rings. The maximum Gasteiger partial charge on any atom is 0.237 e. The SMILES string of the molecule is CC1(C)CC[C@@H](N)C(=O)N1. The highest BCUT2D eigenvalue weighted by molar-refractivity contribution is 5.82. The predicted molar refractivity (Wildman–Crippen MR) is 39.4 cm³/mol. The van der Waals surface area contributed by atoms with Gasteiger partial charge in [0.1, 0.15) is 0 Å². The van der Waals surface area contributed by atoms with Gasteiger partial charge < -0.3 is 11.1 Å². The number of amides is 1. The van der Waals surface area contributed by atoms with Crippen molar-refractivity contribution in [2.45, 2.75) is 38.3 Å². The van der Waals surface area contributed by atoms with Crippen molar-refractivity contribution in [2.75, 3.05) is 0 Å². The van der Waals surface area contributed by atoms with Gasteiger partial charge in [-0.3, -0.25) is 4.79 Å². The van der Waals surface area contributed by atoms with Crippen LogP contribution in [0.15, 0.2) is 0 Å². The molecule has 0 saturated carbocycles. The first-order valence-corrected chi connectivity index (χ1v) is 3.59. The highest BCUT2D eigenvalue weighted by Gasteiger charge is 2.29. The Labute approximate surface area is 61.0 Å². The minimum atomic E-state index is -0.284. The summed E-state index contributed by atoms with van der Waals surface area (Å²) < 4.78 is 0. The van der Waals surface area contributed by atoms with Crippen molar-refractivity contribution in [2.24, 2.45) is 5.73 Å². The number of nitrogens with one attached hydrogen (secondary N) is 1. The van der Waals surface area contributed by atoms with Crippen LogP contribution in [0.5, 0.6) is 0 Å². The van der Waals surface area contributed by atoms with Crippen LogP contribution in [0.1, 0.15) is 26.7 Å². The summed E-state index contributed by atoms with van der Waals surface area (Å²) in [6.07, 6.45) is 1.78. The van der Waals surface area contributed by atoms with Crippen LogP contribution in [-0.2, 0) is 4.79 Å². The highest BCUT2D eigenvalue weighted by atomic mass is 16.2. The van der Waals surface area contributed by atoms with E-state index in [9.17, 15) is 4.79 Å². The minimum Gasteiger partial charge on any atom is -0.350 e. The van der Waals surface area contributed by atoms with Gasteiger partial charge in [0.25, 0.3) is 0 Å². The topological polar surface area (TPSA) is 55.1 Å². The van der Waals surface area contributed by atoms with Crippen molar-refractivity contribution in [3.63, 3.8) is 0 Å². The van der Waals surface area contributed by atoms with Crippen molar-refractivity contribution in [3.8, 4) is 0 Å². The Morgan fingerprint density at radius 2 is 2.30 bits per heavy atom. The van der Waals surface area contributed by atoms with Gasteiger partial charge >= 0.3 is 0 Å². The summed E-state index contributed by atoms with van der Waals surface area (Å²) in [6, 6.07) is -0.284. The first kappa shape index (κ1) is 7.54. The molecule has 3 heteroatoms. The maximum absolute atomic E-state index is 11.0. The third kappa shape index (κ3) is 1.48. The first-order chi connectivity index (χ1) is 4.51. The molecule has 3 N–H and O–H groups in total. The van der Waals surface area contributed by atoms with Gasteiger partial charge in [-0.05, 0) is 26.7 Å². The molecular formula is C7H14N2O. The smallest absolute Gasteiger partial charge is 0.237 e. The van der Waals surface area contributed by atoms with Crippen LogP contribution in [-0.4, -0.2) is 17.5 Å². The average molecular weight is 142 g/mol. The minimum absolute atomic E-state index is 0.0174. The lowest BCUT2D eigenvalue weighted by Crippen LogP contribution is -2.55. The number of carbonyl (C=O) groups is 1. The molecule has 0 bridgehead atoms. The molecule has 3 nitrogen and oxygen atoms in total. The fourth-order valence-corrected chi connectivity index (χ4v) is 1.14. The van der Waals surface area contributed by atoms with E-state index in [0.717, 1.165) is 12.8 Å². The van der Waals surface area contributed by atoms with E-state index in [1.807, 2.05) is 13.8 Å². The lowest BCUT2D eigenvalue weighted by molar-refractivity contribution is -0.126. The third-order valence-corrected chi connectivity index (χ3v) is 1.88. The van der Waals surface area contributed by atoms with Crippen LogP contribution in [0.2, 0.25) is 0 Å². The third-order valence-electron chi connectivity index (χ3n) is 1.88. The normalized spacial score (nSPS) is 31.5. The molecule has 1 aliphatic heterocycles. The molecule has 1 heterocycles. The quantitative estimate of drug-likeness (QED) is 0.500. The average Bonchev–Trinajstić information content (AvgIpc) is 1.79. The van der Waals surface area contributed by atoms with Crippen molar-refractivity contribution in [1.82, 2.24) is 5.32 Å². The van der Waals surface area contributed by atoms with Crippen LogP contribution in [0.3, 0.4) is 0 Å². The standard InChI is InChI=1S/C7H14N2O/c1-7(2)4-3-5(8)6(10)9-7/h5H,3-4,8H2,1-2H3,(H,9,10)/t5-/m1/s1. The summed E-state index contributed by atoms with van der Waals surface area (Å²) in [7, 11) is 0. The molecule has 0 radical (unpaired) electrons. The second kappa shape index (κ2) is 2.23. The summed E-state index contributed by atoms with van der Waals surface area (Å²) >= 11 is 0. The van der Waals surface area contributed by atoms with E-state index in [-0.39, 0.29) is 17.5 Å². The van der Waals surface area contributed by atoms with E-state index in [4.69, 9.17) is 5.73 Å². The molecule has 0 unspecified atom stereocenters. The Kier molecular flexibility index (Phi) is 1.68. The first-order valence-electron chi connectivity index (χ1n) is 3.59.